The number of ether oxygens (including phenoxy) is 1. The van der Waals surface area contributed by atoms with Gasteiger partial charge >= 0.3 is 0 Å². The van der Waals surface area contributed by atoms with Gasteiger partial charge in [0.1, 0.15) is 0 Å². The average Bonchev–Trinajstić information content (AvgIpc) is 2.31. The van der Waals surface area contributed by atoms with Crippen LogP contribution in [0.3, 0.4) is 0 Å². The molecule has 0 radical (unpaired) electrons. The molecule has 1 aliphatic rings. The SMILES string of the molecule is CCC(OC)C1=NCCc2ccccc21. The van der Waals surface area contributed by atoms with Crippen molar-refractivity contribution < 1.29 is 4.74 Å². The fourth-order valence-electron chi connectivity index (χ4n) is 2.12. The highest BCUT2D eigenvalue weighted by atomic mass is 16.5. The van der Waals surface area contributed by atoms with Gasteiger partial charge in [-0.15, -0.1) is 0 Å². The Morgan fingerprint density at radius 2 is 2.20 bits per heavy atom. The Kier molecular flexibility index (Phi) is 3.17. The topological polar surface area (TPSA) is 21.6 Å². The summed E-state index contributed by atoms with van der Waals surface area (Å²) in [6.07, 6.45) is 2.18. The second-order valence-corrected chi connectivity index (χ2v) is 3.81. The molecule has 1 heterocycles. The molecule has 80 valence electrons. The minimum Gasteiger partial charge on any atom is -0.375 e. The highest BCUT2D eigenvalue weighted by Crippen LogP contribution is 2.19. The second-order valence-electron chi connectivity index (χ2n) is 3.81. The molecule has 1 aliphatic heterocycles. The number of hydrogen-bond acceptors (Lipinski definition) is 2. The molecule has 1 aromatic rings. The molecule has 2 heteroatoms. The summed E-state index contributed by atoms with van der Waals surface area (Å²) in [5.41, 5.74) is 3.80. The van der Waals surface area contributed by atoms with Crippen LogP contribution in [0.5, 0.6) is 0 Å². The molecule has 0 saturated heterocycles. The zero-order valence-electron chi connectivity index (χ0n) is 9.36. The maximum atomic E-state index is 5.47. The number of benzene rings is 1. The first-order valence-electron chi connectivity index (χ1n) is 5.52. The number of fused-ring (bicyclic) bond motifs is 1. The third-order valence-corrected chi connectivity index (χ3v) is 2.92. The smallest absolute Gasteiger partial charge is 0.0989 e. The Hall–Kier alpha value is -1.15. The molecule has 0 aromatic heterocycles. The van der Waals surface area contributed by atoms with Crippen molar-refractivity contribution in [2.24, 2.45) is 4.99 Å². The maximum Gasteiger partial charge on any atom is 0.0989 e. The first-order valence-corrected chi connectivity index (χ1v) is 5.52. The van der Waals surface area contributed by atoms with Gasteiger partial charge in [-0.2, -0.15) is 0 Å². The van der Waals surface area contributed by atoms with Crippen molar-refractivity contribution in [3.05, 3.63) is 35.4 Å². The van der Waals surface area contributed by atoms with Crippen molar-refractivity contribution in [1.82, 2.24) is 0 Å². The van der Waals surface area contributed by atoms with Gasteiger partial charge in [-0.25, -0.2) is 0 Å². The molecular formula is C13H17NO. The van der Waals surface area contributed by atoms with E-state index in [0.29, 0.717) is 0 Å². The Balaban J connectivity index is 2.37. The summed E-state index contributed by atoms with van der Waals surface area (Å²) in [6.45, 7) is 3.03. The van der Waals surface area contributed by atoms with Crippen LogP contribution in [0.4, 0.5) is 0 Å². The minimum atomic E-state index is 0.145. The van der Waals surface area contributed by atoms with Crippen LogP contribution >= 0.6 is 0 Å². The monoisotopic (exact) mass is 203 g/mol. The molecule has 2 nitrogen and oxygen atoms in total. The molecule has 1 atom stereocenters. The van der Waals surface area contributed by atoms with Crippen molar-refractivity contribution >= 4 is 5.71 Å². The van der Waals surface area contributed by atoms with Gasteiger partial charge in [0.2, 0.25) is 0 Å². The Morgan fingerprint density at radius 3 is 2.93 bits per heavy atom. The fourth-order valence-corrected chi connectivity index (χ4v) is 2.12. The zero-order chi connectivity index (χ0) is 10.7. The van der Waals surface area contributed by atoms with Crippen molar-refractivity contribution in [3.8, 4) is 0 Å². The van der Waals surface area contributed by atoms with Crippen molar-refractivity contribution in [3.63, 3.8) is 0 Å². The predicted molar refractivity (Wildman–Crippen MR) is 62.6 cm³/mol. The van der Waals surface area contributed by atoms with Crippen LogP contribution < -0.4 is 0 Å². The molecule has 0 fully saturated rings. The molecule has 0 amide bonds. The maximum absolute atomic E-state index is 5.47. The Labute approximate surface area is 91.0 Å². The van der Waals surface area contributed by atoms with Gasteiger partial charge in [-0.05, 0) is 18.4 Å². The normalized spacial score (nSPS) is 16.8. The summed E-state index contributed by atoms with van der Waals surface area (Å²) in [5, 5.41) is 0. The third-order valence-electron chi connectivity index (χ3n) is 2.92. The van der Waals surface area contributed by atoms with Crippen LogP contribution in [0.2, 0.25) is 0 Å². The molecule has 1 unspecified atom stereocenters. The first kappa shape index (κ1) is 10.4. The molecule has 0 saturated carbocycles. The average molecular weight is 203 g/mol. The number of aliphatic imine (C=N–C) groups is 1. The van der Waals surface area contributed by atoms with Crippen LogP contribution in [0.15, 0.2) is 29.3 Å². The molecular weight excluding hydrogens is 186 g/mol. The van der Waals surface area contributed by atoms with Crippen LogP contribution in [0.25, 0.3) is 0 Å². The lowest BCUT2D eigenvalue weighted by Gasteiger charge is -2.22. The highest BCUT2D eigenvalue weighted by Gasteiger charge is 2.20. The molecule has 1 aromatic carbocycles. The van der Waals surface area contributed by atoms with Crippen LogP contribution in [0.1, 0.15) is 24.5 Å². The fraction of sp³-hybridized carbons (Fsp3) is 0.462. The Bertz CT molecular complexity index is 367. The molecule has 0 bridgehead atoms. The van der Waals surface area contributed by atoms with E-state index in [-0.39, 0.29) is 6.10 Å². The summed E-state index contributed by atoms with van der Waals surface area (Å²) in [4.78, 5) is 4.60. The molecule has 2 rings (SSSR count). The van der Waals surface area contributed by atoms with Gasteiger partial charge in [0.05, 0.1) is 11.8 Å². The summed E-state index contributed by atoms with van der Waals surface area (Å²) in [5.74, 6) is 0. The van der Waals surface area contributed by atoms with Crippen molar-refractivity contribution in [2.45, 2.75) is 25.9 Å². The van der Waals surface area contributed by atoms with Gasteiger partial charge in [0.25, 0.3) is 0 Å². The summed E-state index contributed by atoms with van der Waals surface area (Å²) >= 11 is 0. The molecule has 0 spiro atoms. The van der Waals surface area contributed by atoms with Crippen molar-refractivity contribution in [2.75, 3.05) is 13.7 Å². The van der Waals surface area contributed by atoms with Gasteiger partial charge in [0, 0.05) is 19.2 Å². The van der Waals surface area contributed by atoms with Crippen molar-refractivity contribution in [1.29, 1.82) is 0 Å². The highest BCUT2D eigenvalue weighted by molar-refractivity contribution is 6.05. The van der Waals surface area contributed by atoms with Gasteiger partial charge in [0.15, 0.2) is 0 Å². The van der Waals surface area contributed by atoms with Gasteiger partial charge in [-0.3, -0.25) is 4.99 Å². The van der Waals surface area contributed by atoms with E-state index < -0.39 is 0 Å². The zero-order valence-corrected chi connectivity index (χ0v) is 9.36. The molecule has 0 N–H and O–H groups in total. The summed E-state index contributed by atoms with van der Waals surface area (Å²) < 4.78 is 5.47. The van der Waals surface area contributed by atoms with E-state index in [1.165, 1.54) is 11.1 Å². The van der Waals surface area contributed by atoms with E-state index in [0.717, 1.165) is 25.1 Å². The van der Waals surface area contributed by atoms with Crippen LogP contribution in [0, 0.1) is 0 Å². The standard InChI is InChI=1S/C13H17NO/c1-3-12(15-2)13-11-7-5-4-6-10(11)8-9-14-13/h4-7,12H,3,8-9H2,1-2H3. The van der Waals surface area contributed by atoms with Crippen LogP contribution in [-0.4, -0.2) is 25.5 Å². The van der Waals surface area contributed by atoms with E-state index in [4.69, 9.17) is 4.74 Å². The largest absolute Gasteiger partial charge is 0.375 e. The van der Waals surface area contributed by atoms with E-state index in [1.54, 1.807) is 7.11 Å². The third kappa shape index (κ3) is 1.95. The van der Waals surface area contributed by atoms with Gasteiger partial charge in [-0.1, -0.05) is 31.2 Å². The van der Waals surface area contributed by atoms with Gasteiger partial charge < -0.3 is 4.74 Å². The lowest BCUT2D eigenvalue weighted by molar-refractivity contribution is 0.152. The predicted octanol–water partition coefficient (Wildman–Crippen LogP) is 2.46. The Morgan fingerprint density at radius 1 is 1.40 bits per heavy atom. The number of rotatable bonds is 3. The first-order chi connectivity index (χ1) is 7.36. The van der Waals surface area contributed by atoms with E-state index in [2.05, 4.69) is 36.2 Å². The summed E-state index contributed by atoms with van der Waals surface area (Å²) in [7, 11) is 1.76. The number of hydrogen-bond donors (Lipinski definition) is 0. The summed E-state index contributed by atoms with van der Waals surface area (Å²) in [6, 6.07) is 8.50. The quantitative estimate of drug-likeness (QED) is 0.739. The molecule has 15 heavy (non-hydrogen) atoms. The lowest BCUT2D eigenvalue weighted by Crippen LogP contribution is -2.27. The molecule has 0 aliphatic carbocycles. The van der Waals surface area contributed by atoms with E-state index in [9.17, 15) is 0 Å². The van der Waals surface area contributed by atoms with E-state index >= 15 is 0 Å². The minimum absolute atomic E-state index is 0.145. The van der Waals surface area contributed by atoms with Crippen LogP contribution in [-0.2, 0) is 11.2 Å². The van der Waals surface area contributed by atoms with E-state index in [1.807, 2.05) is 0 Å². The second kappa shape index (κ2) is 4.58. The number of nitrogens with zero attached hydrogens (tertiary/aromatic N) is 1. The lowest BCUT2D eigenvalue weighted by atomic mass is 9.94. The number of methoxy groups -OCH3 is 1.